The molecule has 0 spiro atoms. The van der Waals surface area contributed by atoms with E-state index in [1.165, 1.54) is 12.3 Å². The molecule has 4 N–H and O–H groups in total. The highest BCUT2D eigenvalue weighted by atomic mass is 35.5. The zero-order chi connectivity index (χ0) is 23.2. The van der Waals surface area contributed by atoms with Crippen molar-refractivity contribution in [1.29, 1.82) is 0 Å². The van der Waals surface area contributed by atoms with Crippen molar-refractivity contribution in [3.8, 4) is 0 Å². The van der Waals surface area contributed by atoms with Crippen LogP contribution in [0.15, 0.2) is 48.9 Å². The Bertz CT molecular complexity index is 1130. The van der Waals surface area contributed by atoms with Gasteiger partial charge >= 0.3 is 0 Å². The lowest BCUT2D eigenvalue weighted by Gasteiger charge is -2.15. The SMILES string of the molecule is Cc1ccc(NC(=O)c2cc(Cl)ccc2NC(=O)c2cnc(C3CNCCCN3)cn2)nc1. The van der Waals surface area contributed by atoms with Gasteiger partial charge in [-0.1, -0.05) is 17.7 Å². The van der Waals surface area contributed by atoms with Gasteiger partial charge in [-0.25, -0.2) is 9.97 Å². The summed E-state index contributed by atoms with van der Waals surface area (Å²) in [5, 5.41) is 12.6. The van der Waals surface area contributed by atoms with Gasteiger partial charge in [-0.2, -0.15) is 0 Å². The van der Waals surface area contributed by atoms with Gasteiger partial charge in [-0.15, -0.1) is 0 Å². The molecule has 1 saturated heterocycles. The van der Waals surface area contributed by atoms with Gasteiger partial charge in [0, 0.05) is 17.8 Å². The minimum absolute atomic E-state index is 0.0408. The van der Waals surface area contributed by atoms with E-state index in [2.05, 4.69) is 36.2 Å². The number of benzene rings is 1. The minimum Gasteiger partial charge on any atom is -0.320 e. The van der Waals surface area contributed by atoms with E-state index >= 15 is 0 Å². The molecular weight excluding hydrogens is 442 g/mol. The minimum atomic E-state index is -0.481. The van der Waals surface area contributed by atoms with Crippen molar-refractivity contribution in [2.75, 3.05) is 30.3 Å². The summed E-state index contributed by atoms with van der Waals surface area (Å²) in [6, 6.07) is 8.23. The second kappa shape index (κ2) is 10.5. The summed E-state index contributed by atoms with van der Waals surface area (Å²) >= 11 is 6.10. The van der Waals surface area contributed by atoms with Crippen LogP contribution in [-0.2, 0) is 0 Å². The summed E-state index contributed by atoms with van der Waals surface area (Å²) in [4.78, 5) is 38.5. The molecule has 3 aromatic rings. The molecule has 4 rings (SSSR count). The number of amides is 2. The average molecular weight is 466 g/mol. The molecule has 1 aliphatic heterocycles. The smallest absolute Gasteiger partial charge is 0.275 e. The van der Waals surface area contributed by atoms with Crippen molar-refractivity contribution in [2.24, 2.45) is 0 Å². The number of carbonyl (C=O) groups is 2. The third kappa shape index (κ3) is 5.89. The first-order chi connectivity index (χ1) is 16.0. The van der Waals surface area contributed by atoms with Crippen molar-refractivity contribution in [1.82, 2.24) is 25.6 Å². The first-order valence-corrected chi connectivity index (χ1v) is 11.0. The monoisotopic (exact) mass is 465 g/mol. The van der Waals surface area contributed by atoms with Crippen LogP contribution >= 0.6 is 11.6 Å². The molecule has 33 heavy (non-hydrogen) atoms. The van der Waals surface area contributed by atoms with Crippen LogP contribution in [0.4, 0.5) is 11.5 Å². The molecule has 1 aliphatic rings. The first-order valence-electron chi connectivity index (χ1n) is 10.6. The Kier molecular flexibility index (Phi) is 7.23. The largest absolute Gasteiger partial charge is 0.320 e. The number of pyridine rings is 1. The predicted molar refractivity (Wildman–Crippen MR) is 127 cm³/mol. The van der Waals surface area contributed by atoms with E-state index in [4.69, 9.17) is 11.6 Å². The Morgan fingerprint density at radius 3 is 2.64 bits per heavy atom. The fourth-order valence-electron chi connectivity index (χ4n) is 3.38. The second-order valence-corrected chi connectivity index (χ2v) is 8.15. The molecule has 0 saturated carbocycles. The maximum absolute atomic E-state index is 12.8. The Hall–Kier alpha value is -3.40. The van der Waals surface area contributed by atoms with Crippen LogP contribution in [-0.4, -0.2) is 46.4 Å². The van der Waals surface area contributed by atoms with Crippen molar-refractivity contribution in [2.45, 2.75) is 19.4 Å². The highest BCUT2D eigenvalue weighted by Gasteiger charge is 2.19. The quantitative estimate of drug-likeness (QED) is 0.457. The van der Waals surface area contributed by atoms with Crippen LogP contribution in [0.2, 0.25) is 5.02 Å². The van der Waals surface area contributed by atoms with E-state index < -0.39 is 11.8 Å². The maximum Gasteiger partial charge on any atom is 0.275 e. The Balaban J connectivity index is 1.48. The lowest BCUT2D eigenvalue weighted by atomic mass is 10.1. The fraction of sp³-hybridized carbons (Fsp3) is 0.261. The number of nitrogens with zero attached hydrogens (tertiary/aromatic N) is 3. The first kappa shape index (κ1) is 22.8. The highest BCUT2D eigenvalue weighted by Crippen LogP contribution is 2.22. The van der Waals surface area contributed by atoms with E-state index in [0.29, 0.717) is 16.5 Å². The van der Waals surface area contributed by atoms with Gasteiger partial charge in [0.25, 0.3) is 11.8 Å². The van der Waals surface area contributed by atoms with E-state index in [1.54, 1.807) is 30.6 Å². The Morgan fingerprint density at radius 1 is 1.00 bits per heavy atom. The molecule has 0 radical (unpaired) electrons. The van der Waals surface area contributed by atoms with Crippen LogP contribution in [0.25, 0.3) is 0 Å². The number of aromatic nitrogens is 3. The number of hydrogen-bond acceptors (Lipinski definition) is 7. The van der Waals surface area contributed by atoms with Crippen LogP contribution in [0.3, 0.4) is 0 Å². The number of aryl methyl sites for hydroxylation is 1. The van der Waals surface area contributed by atoms with Gasteiger partial charge in [0.05, 0.1) is 35.4 Å². The highest BCUT2D eigenvalue weighted by molar-refractivity contribution is 6.31. The van der Waals surface area contributed by atoms with Crippen LogP contribution in [0.1, 0.15) is 44.6 Å². The second-order valence-electron chi connectivity index (χ2n) is 7.71. The van der Waals surface area contributed by atoms with Gasteiger partial charge < -0.3 is 21.3 Å². The summed E-state index contributed by atoms with van der Waals surface area (Å²) in [7, 11) is 0. The number of hydrogen-bond donors (Lipinski definition) is 4. The number of carbonyl (C=O) groups excluding carboxylic acids is 2. The third-order valence-corrected chi connectivity index (χ3v) is 5.39. The van der Waals surface area contributed by atoms with Crippen molar-refractivity contribution in [3.63, 3.8) is 0 Å². The van der Waals surface area contributed by atoms with E-state index in [0.717, 1.165) is 37.3 Å². The third-order valence-electron chi connectivity index (χ3n) is 5.16. The van der Waals surface area contributed by atoms with Gasteiger partial charge in [-0.05, 0) is 56.3 Å². The Labute approximate surface area is 196 Å². The molecule has 170 valence electrons. The molecule has 0 aliphatic carbocycles. The summed E-state index contributed by atoms with van der Waals surface area (Å²) in [6.07, 6.45) is 5.72. The molecule has 3 heterocycles. The molecule has 2 amide bonds. The van der Waals surface area contributed by atoms with E-state index in [9.17, 15) is 9.59 Å². The molecule has 10 heteroatoms. The summed E-state index contributed by atoms with van der Waals surface area (Å²) < 4.78 is 0. The Morgan fingerprint density at radius 2 is 1.88 bits per heavy atom. The number of halogens is 1. The van der Waals surface area contributed by atoms with Gasteiger partial charge in [0.2, 0.25) is 0 Å². The number of anilines is 2. The molecule has 0 bridgehead atoms. The molecule has 1 fully saturated rings. The predicted octanol–water partition coefficient (Wildman–Crippen LogP) is 2.96. The van der Waals surface area contributed by atoms with Gasteiger partial charge in [-0.3, -0.25) is 14.6 Å². The molecular formula is C23H24ClN7O2. The van der Waals surface area contributed by atoms with Crippen LogP contribution < -0.4 is 21.3 Å². The molecule has 9 nitrogen and oxygen atoms in total. The summed E-state index contributed by atoms with van der Waals surface area (Å²) in [6.45, 7) is 4.50. The maximum atomic E-state index is 12.8. The van der Waals surface area contributed by atoms with Crippen LogP contribution in [0, 0.1) is 6.92 Å². The molecule has 1 aromatic carbocycles. The lowest BCUT2D eigenvalue weighted by molar-refractivity contribution is 0.102. The van der Waals surface area contributed by atoms with Crippen molar-refractivity contribution < 1.29 is 9.59 Å². The normalized spacial score (nSPS) is 16.0. The topological polar surface area (TPSA) is 121 Å². The molecule has 2 aromatic heterocycles. The summed E-state index contributed by atoms with van der Waals surface area (Å²) in [5.41, 5.74) is 2.38. The van der Waals surface area contributed by atoms with Gasteiger partial charge in [0.1, 0.15) is 11.5 Å². The fourth-order valence-corrected chi connectivity index (χ4v) is 3.55. The van der Waals surface area contributed by atoms with E-state index in [-0.39, 0.29) is 17.3 Å². The standard InChI is InChI=1S/C23H24ClN7O2/c1-14-3-6-21(29-10-14)31-22(32)16-9-15(24)4-5-17(16)30-23(33)20-13-27-19(12-28-20)18-11-25-7-2-8-26-18/h3-6,9-10,12-13,18,25-26H,2,7-8,11H2,1H3,(H,30,33)(H,29,31,32). The average Bonchev–Trinajstić information content (AvgIpc) is 3.11. The van der Waals surface area contributed by atoms with Crippen LogP contribution in [0.5, 0.6) is 0 Å². The number of rotatable bonds is 5. The summed E-state index contributed by atoms with van der Waals surface area (Å²) in [5.74, 6) is -0.533. The van der Waals surface area contributed by atoms with Gasteiger partial charge in [0.15, 0.2) is 0 Å². The lowest BCUT2D eigenvalue weighted by Crippen LogP contribution is -2.28. The molecule has 1 atom stereocenters. The molecule has 1 unspecified atom stereocenters. The zero-order valence-corrected chi connectivity index (χ0v) is 18.8. The number of nitrogens with one attached hydrogen (secondary N) is 4. The van der Waals surface area contributed by atoms with Crippen molar-refractivity contribution >= 4 is 34.9 Å². The van der Waals surface area contributed by atoms with E-state index in [1.807, 2.05) is 13.0 Å². The zero-order valence-electron chi connectivity index (χ0n) is 18.1. The van der Waals surface area contributed by atoms with Crippen molar-refractivity contribution in [3.05, 3.63) is 76.5 Å².